The van der Waals surface area contributed by atoms with Crippen LogP contribution in [0.4, 0.5) is 0 Å². The van der Waals surface area contributed by atoms with Crippen LogP contribution in [0.2, 0.25) is 0 Å². The van der Waals surface area contributed by atoms with E-state index in [4.69, 9.17) is 14.2 Å². The Balaban J connectivity index is 4.10. The van der Waals surface area contributed by atoms with Crippen molar-refractivity contribution >= 4 is 0 Å². The quantitative estimate of drug-likeness (QED) is 0.0812. The molecule has 0 rings (SSSR count). The SMILES string of the molecule is CCCC/C=C\C=C\CCCCC(OCC)OC(CCCC/C=C/C=C\CCCC)OCC. The summed E-state index contributed by atoms with van der Waals surface area (Å²) in [4.78, 5) is 0. The van der Waals surface area contributed by atoms with E-state index in [0.717, 1.165) is 51.4 Å². The summed E-state index contributed by atoms with van der Waals surface area (Å²) < 4.78 is 17.9. The minimum absolute atomic E-state index is 0.169. The maximum Gasteiger partial charge on any atom is 0.160 e. The molecule has 0 N–H and O–H groups in total. The second-order valence-corrected chi connectivity index (χ2v) is 8.47. The Morgan fingerprint density at radius 2 is 0.848 bits per heavy atom. The van der Waals surface area contributed by atoms with Crippen LogP contribution in [0.25, 0.3) is 0 Å². The summed E-state index contributed by atoms with van der Waals surface area (Å²) in [6.07, 6.45) is 33.4. The van der Waals surface area contributed by atoms with Crippen LogP contribution in [0, 0.1) is 0 Å². The zero-order valence-corrected chi connectivity index (χ0v) is 22.3. The minimum atomic E-state index is -0.169. The highest BCUT2D eigenvalue weighted by Crippen LogP contribution is 2.16. The lowest BCUT2D eigenvalue weighted by molar-refractivity contribution is -0.247. The fourth-order valence-electron chi connectivity index (χ4n) is 3.41. The number of hydrogen-bond donors (Lipinski definition) is 0. The van der Waals surface area contributed by atoms with Crippen molar-refractivity contribution in [3.05, 3.63) is 48.6 Å². The molecule has 0 spiro atoms. The van der Waals surface area contributed by atoms with E-state index in [0.29, 0.717) is 13.2 Å². The average Bonchev–Trinajstić information content (AvgIpc) is 2.81. The smallest absolute Gasteiger partial charge is 0.160 e. The van der Waals surface area contributed by atoms with E-state index in [9.17, 15) is 0 Å². The Morgan fingerprint density at radius 1 is 0.485 bits per heavy atom. The number of ether oxygens (including phenoxy) is 3. The third kappa shape index (κ3) is 23.8. The van der Waals surface area contributed by atoms with E-state index in [2.05, 4.69) is 62.5 Å². The van der Waals surface area contributed by atoms with E-state index in [-0.39, 0.29) is 12.6 Å². The zero-order chi connectivity index (χ0) is 24.2. The Morgan fingerprint density at radius 3 is 1.18 bits per heavy atom. The molecule has 0 saturated carbocycles. The first-order chi connectivity index (χ1) is 16.3. The summed E-state index contributed by atoms with van der Waals surface area (Å²) in [5.74, 6) is 0. The topological polar surface area (TPSA) is 27.7 Å². The van der Waals surface area contributed by atoms with Crippen molar-refractivity contribution in [1.82, 2.24) is 0 Å². The molecule has 0 amide bonds. The molecule has 0 aliphatic carbocycles. The van der Waals surface area contributed by atoms with Gasteiger partial charge < -0.3 is 14.2 Å². The Bertz CT molecular complexity index is 449. The molecule has 192 valence electrons. The highest BCUT2D eigenvalue weighted by Gasteiger charge is 2.16. The van der Waals surface area contributed by atoms with Crippen LogP contribution in [0.5, 0.6) is 0 Å². The Hall–Kier alpha value is -1.16. The lowest BCUT2D eigenvalue weighted by Crippen LogP contribution is -2.27. The minimum Gasteiger partial charge on any atom is -0.353 e. The van der Waals surface area contributed by atoms with Crippen molar-refractivity contribution in [2.45, 2.75) is 130 Å². The van der Waals surface area contributed by atoms with Gasteiger partial charge in [0.2, 0.25) is 0 Å². The molecule has 0 aliphatic heterocycles. The van der Waals surface area contributed by atoms with Gasteiger partial charge in [0.25, 0.3) is 0 Å². The van der Waals surface area contributed by atoms with Gasteiger partial charge in [0.1, 0.15) is 0 Å². The van der Waals surface area contributed by atoms with Crippen molar-refractivity contribution in [2.75, 3.05) is 13.2 Å². The molecular weight excluding hydrogens is 408 g/mol. The second-order valence-electron chi connectivity index (χ2n) is 8.47. The monoisotopic (exact) mass is 462 g/mol. The molecule has 0 heterocycles. The number of rotatable bonds is 24. The number of unbranched alkanes of at least 4 members (excludes halogenated alkanes) is 8. The molecular formula is C30H54O3. The third-order valence-corrected chi connectivity index (χ3v) is 5.35. The van der Waals surface area contributed by atoms with E-state index < -0.39 is 0 Å². The van der Waals surface area contributed by atoms with Gasteiger partial charge in [-0.3, -0.25) is 0 Å². The van der Waals surface area contributed by atoms with Crippen LogP contribution in [-0.2, 0) is 14.2 Å². The molecule has 0 aliphatic rings. The lowest BCUT2D eigenvalue weighted by atomic mass is 10.1. The lowest BCUT2D eigenvalue weighted by Gasteiger charge is -2.24. The predicted octanol–water partition coefficient (Wildman–Crippen LogP) is 9.45. The van der Waals surface area contributed by atoms with Crippen LogP contribution in [0.3, 0.4) is 0 Å². The molecule has 0 saturated heterocycles. The molecule has 3 heteroatoms. The molecule has 2 atom stereocenters. The molecule has 0 aromatic heterocycles. The fraction of sp³-hybridized carbons (Fsp3) is 0.733. The first kappa shape index (κ1) is 31.8. The van der Waals surface area contributed by atoms with Gasteiger partial charge in [-0.05, 0) is 78.1 Å². The first-order valence-electron chi connectivity index (χ1n) is 13.8. The van der Waals surface area contributed by atoms with E-state index in [1.54, 1.807) is 0 Å². The zero-order valence-electron chi connectivity index (χ0n) is 22.3. The van der Waals surface area contributed by atoms with Crippen LogP contribution >= 0.6 is 0 Å². The Kier molecular flexibility index (Phi) is 26.1. The summed E-state index contributed by atoms with van der Waals surface area (Å²) in [6, 6.07) is 0. The average molecular weight is 463 g/mol. The van der Waals surface area contributed by atoms with Gasteiger partial charge in [0, 0.05) is 13.2 Å². The molecule has 3 nitrogen and oxygen atoms in total. The maximum atomic E-state index is 6.19. The largest absolute Gasteiger partial charge is 0.353 e. The van der Waals surface area contributed by atoms with Gasteiger partial charge in [-0.1, -0.05) is 88.1 Å². The van der Waals surface area contributed by atoms with Crippen LogP contribution in [0.1, 0.15) is 118 Å². The first-order valence-corrected chi connectivity index (χ1v) is 13.8. The van der Waals surface area contributed by atoms with Crippen molar-refractivity contribution in [1.29, 1.82) is 0 Å². The Labute approximate surface area is 206 Å². The van der Waals surface area contributed by atoms with Gasteiger partial charge in [-0.2, -0.15) is 0 Å². The maximum absolute atomic E-state index is 6.19. The summed E-state index contributed by atoms with van der Waals surface area (Å²) in [7, 11) is 0. The summed E-state index contributed by atoms with van der Waals surface area (Å²) >= 11 is 0. The standard InChI is InChI=1S/C30H54O3/c1-5-9-11-13-15-17-19-21-23-25-27-29(31-7-3)33-30(32-8-4)28-26-24-22-20-18-16-14-12-10-6-2/h13-20,29-30H,5-12,21-28H2,1-4H3/b15-13-,16-14-,19-17+,20-18+. The highest BCUT2D eigenvalue weighted by atomic mass is 16.8. The summed E-state index contributed by atoms with van der Waals surface area (Å²) in [6.45, 7) is 9.86. The third-order valence-electron chi connectivity index (χ3n) is 5.35. The van der Waals surface area contributed by atoms with E-state index >= 15 is 0 Å². The van der Waals surface area contributed by atoms with Crippen molar-refractivity contribution in [3.8, 4) is 0 Å². The molecule has 0 bridgehead atoms. The highest BCUT2D eigenvalue weighted by molar-refractivity contribution is 5.02. The molecule has 0 aromatic rings. The number of hydrogen-bond acceptors (Lipinski definition) is 3. The van der Waals surface area contributed by atoms with E-state index in [1.165, 1.54) is 38.5 Å². The van der Waals surface area contributed by atoms with Crippen LogP contribution in [-0.4, -0.2) is 25.8 Å². The molecule has 0 aromatic carbocycles. The van der Waals surface area contributed by atoms with Crippen LogP contribution in [0.15, 0.2) is 48.6 Å². The second kappa shape index (κ2) is 27.1. The fourth-order valence-corrected chi connectivity index (χ4v) is 3.41. The van der Waals surface area contributed by atoms with Gasteiger partial charge in [-0.25, -0.2) is 0 Å². The normalized spacial score (nSPS) is 14.4. The summed E-state index contributed by atoms with van der Waals surface area (Å²) in [5, 5.41) is 0. The van der Waals surface area contributed by atoms with Crippen LogP contribution < -0.4 is 0 Å². The molecule has 33 heavy (non-hydrogen) atoms. The van der Waals surface area contributed by atoms with Gasteiger partial charge in [0.15, 0.2) is 12.6 Å². The predicted molar refractivity (Wildman–Crippen MR) is 144 cm³/mol. The van der Waals surface area contributed by atoms with Crippen molar-refractivity contribution in [3.63, 3.8) is 0 Å². The molecule has 2 unspecified atom stereocenters. The summed E-state index contributed by atoms with van der Waals surface area (Å²) in [5.41, 5.74) is 0. The van der Waals surface area contributed by atoms with Crippen molar-refractivity contribution in [2.24, 2.45) is 0 Å². The van der Waals surface area contributed by atoms with Gasteiger partial charge in [-0.15, -0.1) is 0 Å². The van der Waals surface area contributed by atoms with E-state index in [1.807, 2.05) is 13.8 Å². The van der Waals surface area contributed by atoms with Crippen molar-refractivity contribution < 1.29 is 14.2 Å². The number of allylic oxidation sites excluding steroid dienone is 8. The molecule has 0 fully saturated rings. The molecule has 0 radical (unpaired) electrons. The van der Waals surface area contributed by atoms with Gasteiger partial charge >= 0.3 is 0 Å². The van der Waals surface area contributed by atoms with Gasteiger partial charge in [0.05, 0.1) is 0 Å².